The number of nitrogens with zero attached hydrogens (tertiary/aromatic N) is 2. The number of nitrogens with one attached hydrogen (secondary N) is 2. The topological polar surface area (TPSA) is 75.2 Å². The average Bonchev–Trinajstić information content (AvgIpc) is 3.49. The van der Waals surface area contributed by atoms with Gasteiger partial charge in [0.1, 0.15) is 5.75 Å². The Morgan fingerprint density at radius 2 is 2.07 bits per heavy atom. The van der Waals surface area contributed by atoms with Crippen molar-refractivity contribution >= 4 is 35.8 Å². The molecule has 0 bridgehead atoms. The van der Waals surface area contributed by atoms with Crippen LogP contribution in [0.2, 0.25) is 0 Å². The summed E-state index contributed by atoms with van der Waals surface area (Å²) in [5.41, 5.74) is 1.06. The van der Waals surface area contributed by atoms with Crippen LogP contribution in [-0.2, 0) is 16.1 Å². The fourth-order valence-corrected chi connectivity index (χ4v) is 2.34. The van der Waals surface area contributed by atoms with Crippen molar-refractivity contribution in [3.05, 3.63) is 29.8 Å². The fraction of sp³-hybridized carbons (Fsp3) is 0.600. The van der Waals surface area contributed by atoms with Crippen LogP contribution in [0.1, 0.15) is 24.8 Å². The lowest BCUT2D eigenvalue weighted by molar-refractivity contribution is -0.130. The van der Waals surface area contributed by atoms with Gasteiger partial charge in [0, 0.05) is 47.4 Å². The number of benzene rings is 1. The van der Waals surface area contributed by atoms with E-state index >= 15 is 0 Å². The van der Waals surface area contributed by atoms with Crippen molar-refractivity contribution in [1.82, 2.24) is 15.5 Å². The third-order valence-corrected chi connectivity index (χ3v) is 4.25. The summed E-state index contributed by atoms with van der Waals surface area (Å²) in [6.07, 6.45) is 3.61. The van der Waals surface area contributed by atoms with Crippen LogP contribution in [-0.4, -0.2) is 64.3 Å². The molecule has 158 valence electrons. The molecule has 0 saturated heterocycles. The standard InChI is InChI=1S/C20H32N4O3.HI/c1-21-20(22-10-5-11-26-14-16-8-9-16)23-13-17-6-4-7-18(12-17)27-15-19(25)24(2)3;/h4,6-7,12,16H,5,8-11,13-15H2,1-3H3,(H2,21,22,23);1H. The normalized spacial score (nSPS) is 13.5. The van der Waals surface area contributed by atoms with Crippen molar-refractivity contribution in [3.8, 4) is 5.75 Å². The van der Waals surface area contributed by atoms with E-state index in [4.69, 9.17) is 9.47 Å². The van der Waals surface area contributed by atoms with Crippen LogP contribution in [0, 0.1) is 5.92 Å². The summed E-state index contributed by atoms with van der Waals surface area (Å²) < 4.78 is 11.2. The summed E-state index contributed by atoms with van der Waals surface area (Å²) >= 11 is 0. The van der Waals surface area contributed by atoms with Crippen LogP contribution >= 0.6 is 24.0 Å². The first-order valence-electron chi connectivity index (χ1n) is 9.52. The van der Waals surface area contributed by atoms with Crippen LogP contribution in [0.4, 0.5) is 0 Å². The Morgan fingerprint density at radius 1 is 1.29 bits per heavy atom. The molecule has 1 fully saturated rings. The lowest BCUT2D eigenvalue weighted by Crippen LogP contribution is -2.37. The summed E-state index contributed by atoms with van der Waals surface area (Å²) in [5, 5.41) is 6.57. The molecule has 0 aliphatic heterocycles. The molecule has 0 heterocycles. The molecular weight excluding hydrogens is 471 g/mol. The van der Waals surface area contributed by atoms with Gasteiger partial charge in [-0.05, 0) is 42.9 Å². The number of rotatable bonds is 11. The number of carbonyl (C=O) groups excluding carboxylic acids is 1. The van der Waals surface area contributed by atoms with Gasteiger partial charge in [-0.1, -0.05) is 12.1 Å². The number of guanidine groups is 1. The van der Waals surface area contributed by atoms with Gasteiger partial charge in [-0.2, -0.15) is 0 Å². The molecule has 2 N–H and O–H groups in total. The Balaban J connectivity index is 0.00000392. The highest BCUT2D eigenvalue weighted by Gasteiger charge is 2.20. The molecule has 1 aromatic rings. The van der Waals surface area contributed by atoms with E-state index in [1.54, 1.807) is 21.1 Å². The molecule has 1 aliphatic carbocycles. The van der Waals surface area contributed by atoms with Crippen molar-refractivity contribution in [2.24, 2.45) is 10.9 Å². The number of aliphatic imine (C=N–C) groups is 1. The highest BCUT2D eigenvalue weighted by atomic mass is 127. The predicted molar refractivity (Wildman–Crippen MR) is 122 cm³/mol. The molecule has 7 nitrogen and oxygen atoms in total. The van der Waals surface area contributed by atoms with E-state index in [1.165, 1.54) is 17.7 Å². The lowest BCUT2D eigenvalue weighted by atomic mass is 10.2. The summed E-state index contributed by atoms with van der Waals surface area (Å²) in [6.45, 7) is 3.17. The number of likely N-dealkylation sites (N-methyl/N-ethyl adjacent to an activating group) is 1. The number of carbonyl (C=O) groups is 1. The molecule has 0 radical (unpaired) electrons. The van der Waals surface area contributed by atoms with Crippen LogP contribution in [0.5, 0.6) is 5.75 Å². The van der Waals surface area contributed by atoms with Gasteiger partial charge in [-0.25, -0.2) is 0 Å². The van der Waals surface area contributed by atoms with Gasteiger partial charge in [0.05, 0.1) is 0 Å². The predicted octanol–water partition coefficient (Wildman–Crippen LogP) is 2.25. The molecule has 0 unspecified atom stereocenters. The van der Waals surface area contributed by atoms with E-state index in [0.717, 1.165) is 43.6 Å². The Labute approximate surface area is 185 Å². The van der Waals surface area contributed by atoms with E-state index in [2.05, 4.69) is 15.6 Å². The summed E-state index contributed by atoms with van der Waals surface area (Å²) in [6, 6.07) is 7.70. The van der Waals surface area contributed by atoms with Crippen molar-refractivity contribution in [2.45, 2.75) is 25.8 Å². The van der Waals surface area contributed by atoms with E-state index in [-0.39, 0.29) is 36.5 Å². The average molecular weight is 504 g/mol. The van der Waals surface area contributed by atoms with E-state index < -0.39 is 0 Å². The van der Waals surface area contributed by atoms with Crippen molar-refractivity contribution in [1.29, 1.82) is 0 Å². The minimum atomic E-state index is -0.0655. The van der Waals surface area contributed by atoms with Crippen LogP contribution in [0.3, 0.4) is 0 Å². The van der Waals surface area contributed by atoms with E-state index in [0.29, 0.717) is 12.3 Å². The third kappa shape index (κ3) is 10.1. The fourth-order valence-electron chi connectivity index (χ4n) is 2.34. The van der Waals surface area contributed by atoms with Crippen molar-refractivity contribution < 1.29 is 14.3 Å². The highest BCUT2D eigenvalue weighted by Crippen LogP contribution is 2.28. The molecule has 2 rings (SSSR count). The van der Waals surface area contributed by atoms with Gasteiger partial charge < -0.3 is 25.0 Å². The van der Waals surface area contributed by atoms with Gasteiger partial charge in [0.15, 0.2) is 12.6 Å². The van der Waals surface area contributed by atoms with Crippen LogP contribution in [0.25, 0.3) is 0 Å². The van der Waals surface area contributed by atoms with Crippen LogP contribution < -0.4 is 15.4 Å². The SMILES string of the molecule is CN=C(NCCCOCC1CC1)NCc1cccc(OCC(=O)N(C)C)c1.I. The molecule has 8 heteroatoms. The Kier molecular flexibility index (Phi) is 11.9. The van der Waals surface area contributed by atoms with Crippen LogP contribution in [0.15, 0.2) is 29.3 Å². The summed E-state index contributed by atoms with van der Waals surface area (Å²) in [7, 11) is 5.18. The summed E-state index contributed by atoms with van der Waals surface area (Å²) in [4.78, 5) is 17.4. The zero-order valence-corrected chi connectivity index (χ0v) is 19.4. The molecule has 0 aromatic heterocycles. The minimum Gasteiger partial charge on any atom is -0.484 e. The largest absolute Gasteiger partial charge is 0.484 e. The number of amides is 1. The first-order valence-corrected chi connectivity index (χ1v) is 9.52. The second-order valence-electron chi connectivity index (χ2n) is 6.95. The van der Waals surface area contributed by atoms with E-state index in [9.17, 15) is 4.79 Å². The molecular formula is C20H33IN4O3. The maximum absolute atomic E-state index is 11.6. The van der Waals surface area contributed by atoms with Gasteiger partial charge in [-0.15, -0.1) is 24.0 Å². The molecule has 0 atom stereocenters. The second kappa shape index (κ2) is 13.6. The van der Waals surface area contributed by atoms with Crippen molar-refractivity contribution in [3.63, 3.8) is 0 Å². The zero-order valence-electron chi connectivity index (χ0n) is 17.1. The maximum Gasteiger partial charge on any atom is 0.259 e. The van der Waals surface area contributed by atoms with Gasteiger partial charge in [-0.3, -0.25) is 9.79 Å². The Bertz CT molecular complexity index is 621. The molecule has 1 amide bonds. The molecule has 1 aliphatic rings. The van der Waals surface area contributed by atoms with Gasteiger partial charge in [0.2, 0.25) is 0 Å². The highest BCUT2D eigenvalue weighted by molar-refractivity contribution is 14.0. The third-order valence-electron chi connectivity index (χ3n) is 4.25. The van der Waals surface area contributed by atoms with Crippen molar-refractivity contribution in [2.75, 3.05) is 47.5 Å². The number of halogens is 1. The monoisotopic (exact) mass is 504 g/mol. The smallest absolute Gasteiger partial charge is 0.259 e. The number of hydrogen-bond acceptors (Lipinski definition) is 4. The summed E-state index contributed by atoms with van der Waals surface area (Å²) in [5.74, 6) is 2.18. The Hall–Kier alpha value is -1.55. The van der Waals surface area contributed by atoms with Gasteiger partial charge in [0.25, 0.3) is 5.91 Å². The number of ether oxygens (including phenoxy) is 2. The molecule has 1 saturated carbocycles. The maximum atomic E-state index is 11.6. The zero-order chi connectivity index (χ0) is 19.5. The molecule has 28 heavy (non-hydrogen) atoms. The van der Waals surface area contributed by atoms with E-state index in [1.807, 2.05) is 24.3 Å². The Morgan fingerprint density at radius 3 is 2.75 bits per heavy atom. The first-order chi connectivity index (χ1) is 13.1. The molecule has 1 aromatic carbocycles. The number of hydrogen-bond donors (Lipinski definition) is 2. The quantitative estimate of drug-likeness (QED) is 0.209. The second-order valence-corrected chi connectivity index (χ2v) is 6.95. The minimum absolute atomic E-state index is 0. The lowest BCUT2D eigenvalue weighted by Gasteiger charge is -2.14. The first kappa shape index (κ1) is 24.5. The van der Waals surface area contributed by atoms with Gasteiger partial charge >= 0.3 is 0 Å². The molecule has 0 spiro atoms.